The van der Waals surface area contributed by atoms with Crippen molar-refractivity contribution in [2.45, 2.75) is 61.7 Å². The SMILES string of the molecule is OCC1OC(O[C@H]2C[C@@H](O)O[C@@H](CO)[C@@H]2O)C(O)C(O)C1O. The van der Waals surface area contributed by atoms with Gasteiger partial charge in [-0.2, -0.15) is 0 Å². The topological polar surface area (TPSA) is 169 Å². The number of ether oxygens (including phenoxy) is 3. The highest BCUT2D eigenvalue weighted by Crippen LogP contribution is 2.27. The summed E-state index contributed by atoms with van der Waals surface area (Å²) in [6.45, 7) is -1.16. The number of aliphatic hydroxyl groups excluding tert-OH is 7. The maximum atomic E-state index is 9.98. The lowest BCUT2D eigenvalue weighted by Crippen LogP contribution is -2.61. The van der Waals surface area contributed by atoms with Crippen LogP contribution in [0.15, 0.2) is 0 Å². The Morgan fingerprint density at radius 3 is 1.95 bits per heavy atom. The van der Waals surface area contributed by atoms with Crippen LogP contribution in [0.4, 0.5) is 0 Å². The van der Waals surface area contributed by atoms with Gasteiger partial charge < -0.3 is 50.0 Å². The van der Waals surface area contributed by atoms with E-state index in [2.05, 4.69) is 0 Å². The lowest BCUT2D eigenvalue weighted by molar-refractivity contribution is -0.336. The molecule has 130 valence electrons. The van der Waals surface area contributed by atoms with Crippen LogP contribution in [-0.4, -0.2) is 104 Å². The lowest BCUT2D eigenvalue weighted by Gasteiger charge is -2.43. The molecule has 2 rings (SSSR count). The molecule has 2 aliphatic rings. The summed E-state index contributed by atoms with van der Waals surface area (Å²) in [6, 6.07) is 0. The van der Waals surface area contributed by atoms with E-state index in [9.17, 15) is 25.5 Å². The molecule has 2 aliphatic heterocycles. The summed E-state index contributed by atoms with van der Waals surface area (Å²) in [4.78, 5) is 0. The van der Waals surface area contributed by atoms with Gasteiger partial charge in [0.1, 0.15) is 36.6 Å². The van der Waals surface area contributed by atoms with Crippen LogP contribution in [0.5, 0.6) is 0 Å². The van der Waals surface area contributed by atoms with Crippen LogP contribution < -0.4 is 0 Å². The van der Waals surface area contributed by atoms with Crippen LogP contribution in [0, 0.1) is 0 Å². The molecule has 0 aromatic rings. The minimum absolute atomic E-state index is 0.146. The molecule has 0 aliphatic carbocycles. The highest BCUT2D eigenvalue weighted by molar-refractivity contribution is 4.91. The second kappa shape index (κ2) is 7.45. The molecule has 0 aromatic carbocycles. The molecule has 0 radical (unpaired) electrons. The minimum Gasteiger partial charge on any atom is -0.394 e. The Morgan fingerprint density at radius 1 is 0.773 bits per heavy atom. The van der Waals surface area contributed by atoms with Gasteiger partial charge in [-0.15, -0.1) is 0 Å². The van der Waals surface area contributed by atoms with Crippen LogP contribution in [0.3, 0.4) is 0 Å². The van der Waals surface area contributed by atoms with E-state index < -0.39 is 68.5 Å². The molecule has 0 saturated carbocycles. The second-order valence-electron chi connectivity index (χ2n) is 5.41. The molecule has 0 spiro atoms. The van der Waals surface area contributed by atoms with E-state index in [-0.39, 0.29) is 6.42 Å². The van der Waals surface area contributed by atoms with E-state index in [1.54, 1.807) is 0 Å². The molecule has 0 aromatic heterocycles. The van der Waals surface area contributed by atoms with Gasteiger partial charge in [-0.3, -0.25) is 0 Å². The average molecular weight is 326 g/mol. The molecule has 2 saturated heterocycles. The molecule has 2 heterocycles. The van der Waals surface area contributed by atoms with Crippen LogP contribution >= 0.6 is 0 Å². The van der Waals surface area contributed by atoms with Crippen LogP contribution in [0.25, 0.3) is 0 Å². The Labute approximate surface area is 126 Å². The largest absolute Gasteiger partial charge is 0.394 e. The van der Waals surface area contributed by atoms with Gasteiger partial charge in [0.05, 0.1) is 19.3 Å². The van der Waals surface area contributed by atoms with Gasteiger partial charge in [0.15, 0.2) is 12.6 Å². The molecule has 22 heavy (non-hydrogen) atoms. The maximum absolute atomic E-state index is 9.98. The summed E-state index contributed by atoms with van der Waals surface area (Å²) >= 11 is 0. The first kappa shape index (κ1) is 17.9. The van der Waals surface area contributed by atoms with Gasteiger partial charge in [-0.25, -0.2) is 0 Å². The molecular weight excluding hydrogens is 304 g/mol. The molecule has 9 atom stereocenters. The standard InChI is InChI=1S/C12H22O10/c13-2-5-8(16)4(1-7(15)20-5)21-12-11(19)10(18)9(17)6(3-14)22-12/h4-19H,1-3H2/t4-,5-,6?,7-,8+,9?,10?,11?,12?/m0/s1. The molecule has 10 heteroatoms. The number of aliphatic hydroxyl groups is 7. The Kier molecular flexibility index (Phi) is 6.07. The van der Waals surface area contributed by atoms with E-state index in [1.165, 1.54) is 0 Å². The third-order valence-electron chi connectivity index (χ3n) is 3.86. The summed E-state index contributed by atoms with van der Waals surface area (Å²) in [6.07, 6.45) is -12.1. The zero-order valence-corrected chi connectivity index (χ0v) is 11.7. The first-order valence-corrected chi connectivity index (χ1v) is 6.97. The van der Waals surface area contributed by atoms with Crippen LogP contribution in [0.1, 0.15) is 6.42 Å². The third-order valence-corrected chi connectivity index (χ3v) is 3.86. The summed E-state index contributed by atoms with van der Waals surface area (Å²) in [5, 5.41) is 66.9. The average Bonchev–Trinajstić information content (AvgIpc) is 2.50. The molecule has 0 bridgehead atoms. The quantitative estimate of drug-likeness (QED) is 0.268. The molecule has 2 fully saturated rings. The second-order valence-corrected chi connectivity index (χ2v) is 5.41. The Balaban J connectivity index is 2.04. The van der Waals surface area contributed by atoms with Crippen molar-refractivity contribution in [1.82, 2.24) is 0 Å². The van der Waals surface area contributed by atoms with Crippen LogP contribution in [0.2, 0.25) is 0 Å². The number of rotatable bonds is 4. The van der Waals surface area contributed by atoms with Crippen molar-refractivity contribution in [1.29, 1.82) is 0 Å². The number of hydrogen-bond donors (Lipinski definition) is 7. The van der Waals surface area contributed by atoms with Gasteiger partial charge >= 0.3 is 0 Å². The maximum Gasteiger partial charge on any atom is 0.187 e. The van der Waals surface area contributed by atoms with Gasteiger partial charge in [0.2, 0.25) is 0 Å². The van der Waals surface area contributed by atoms with Gasteiger partial charge in [0.25, 0.3) is 0 Å². The van der Waals surface area contributed by atoms with E-state index in [0.29, 0.717) is 0 Å². The fourth-order valence-electron chi connectivity index (χ4n) is 2.55. The minimum atomic E-state index is -1.61. The Hall–Kier alpha value is -0.400. The Bertz CT molecular complexity index is 353. The molecule has 5 unspecified atom stereocenters. The van der Waals surface area contributed by atoms with E-state index in [4.69, 9.17) is 24.4 Å². The van der Waals surface area contributed by atoms with E-state index in [0.717, 1.165) is 0 Å². The van der Waals surface area contributed by atoms with Crippen molar-refractivity contribution in [3.63, 3.8) is 0 Å². The lowest BCUT2D eigenvalue weighted by atomic mass is 9.98. The van der Waals surface area contributed by atoms with Crippen molar-refractivity contribution in [3.05, 3.63) is 0 Å². The monoisotopic (exact) mass is 326 g/mol. The van der Waals surface area contributed by atoms with Crippen molar-refractivity contribution in [2.24, 2.45) is 0 Å². The third kappa shape index (κ3) is 3.57. The van der Waals surface area contributed by atoms with Crippen molar-refractivity contribution in [2.75, 3.05) is 13.2 Å². The zero-order valence-electron chi connectivity index (χ0n) is 11.7. The predicted octanol–water partition coefficient (Wildman–Crippen LogP) is -4.37. The summed E-state index contributed by atoms with van der Waals surface area (Å²) in [7, 11) is 0. The number of hydrogen-bond acceptors (Lipinski definition) is 10. The highest BCUT2D eigenvalue weighted by atomic mass is 16.7. The Morgan fingerprint density at radius 2 is 1.36 bits per heavy atom. The first-order valence-electron chi connectivity index (χ1n) is 6.97. The van der Waals surface area contributed by atoms with Gasteiger partial charge in [0, 0.05) is 6.42 Å². The first-order chi connectivity index (χ1) is 10.4. The van der Waals surface area contributed by atoms with E-state index >= 15 is 0 Å². The van der Waals surface area contributed by atoms with Gasteiger partial charge in [-0.05, 0) is 0 Å². The molecule has 0 amide bonds. The predicted molar refractivity (Wildman–Crippen MR) is 67.2 cm³/mol. The van der Waals surface area contributed by atoms with E-state index in [1.807, 2.05) is 0 Å². The fraction of sp³-hybridized carbons (Fsp3) is 1.00. The fourth-order valence-corrected chi connectivity index (χ4v) is 2.55. The molecule has 7 N–H and O–H groups in total. The summed E-state index contributed by atoms with van der Waals surface area (Å²) in [5.74, 6) is 0. The van der Waals surface area contributed by atoms with Crippen molar-refractivity contribution in [3.8, 4) is 0 Å². The van der Waals surface area contributed by atoms with Crippen LogP contribution in [-0.2, 0) is 14.2 Å². The van der Waals surface area contributed by atoms with Crippen molar-refractivity contribution >= 4 is 0 Å². The zero-order chi connectivity index (χ0) is 16.4. The summed E-state index contributed by atoms with van der Waals surface area (Å²) in [5.41, 5.74) is 0. The smallest absolute Gasteiger partial charge is 0.187 e. The van der Waals surface area contributed by atoms with Crippen molar-refractivity contribution < 1.29 is 50.0 Å². The normalized spacial score (nSPS) is 50.0. The summed E-state index contributed by atoms with van der Waals surface area (Å²) < 4.78 is 15.4. The molecular formula is C12H22O10. The van der Waals surface area contributed by atoms with Gasteiger partial charge in [-0.1, -0.05) is 0 Å². The highest BCUT2D eigenvalue weighted by Gasteiger charge is 2.47. The molecule has 10 nitrogen and oxygen atoms in total.